The maximum absolute atomic E-state index is 3.60. The van der Waals surface area contributed by atoms with Gasteiger partial charge in [-0.15, -0.1) is 0 Å². The summed E-state index contributed by atoms with van der Waals surface area (Å²) in [6, 6.07) is 8.48. The van der Waals surface area contributed by atoms with Crippen LogP contribution in [0.15, 0.2) is 40.3 Å². The number of benzene rings is 1. The Kier molecular flexibility index (Phi) is 2.80. The number of rotatable bonds is 1. The molecule has 0 atom stereocenters. The molecule has 14 heavy (non-hydrogen) atoms. The highest BCUT2D eigenvalue weighted by Gasteiger charge is 2.04. The maximum Gasteiger partial charge on any atom is 0.0290 e. The van der Waals surface area contributed by atoms with Gasteiger partial charge < -0.3 is 0 Å². The summed E-state index contributed by atoms with van der Waals surface area (Å²) in [4.78, 5) is 0. The van der Waals surface area contributed by atoms with Gasteiger partial charge in [0.1, 0.15) is 0 Å². The smallest absolute Gasteiger partial charge is 0.0290 e. The molecule has 0 fully saturated rings. The first-order chi connectivity index (χ1) is 6.68. The molecule has 0 spiro atoms. The van der Waals surface area contributed by atoms with Gasteiger partial charge in [-0.3, -0.25) is 0 Å². The van der Waals surface area contributed by atoms with E-state index < -0.39 is 0 Å². The van der Waals surface area contributed by atoms with Crippen LogP contribution < -0.4 is 0 Å². The molecule has 1 aromatic heterocycles. The summed E-state index contributed by atoms with van der Waals surface area (Å²) < 4.78 is 1.22. The lowest BCUT2D eigenvalue weighted by Gasteiger charge is -2.01. The van der Waals surface area contributed by atoms with Gasteiger partial charge in [-0.1, -0.05) is 19.7 Å². The van der Waals surface area contributed by atoms with Crippen molar-refractivity contribution in [3.05, 3.63) is 51.5 Å². The number of hydrogen-bond donors (Lipinski definition) is 0. The van der Waals surface area contributed by atoms with Crippen LogP contribution in [0.25, 0.3) is 5.30 Å². The Balaban J connectivity index is 2.55. The normalized spacial score (nSPS) is 10.5. The molecule has 72 valence electrons. The molecule has 2 aromatic rings. The highest BCUT2D eigenvalue weighted by molar-refractivity contribution is 9.10. The predicted octanol–water partition coefficient (Wildman–Crippen LogP) is 5.04. The summed E-state index contributed by atoms with van der Waals surface area (Å²) in [7, 11) is -0.211. The van der Waals surface area contributed by atoms with Gasteiger partial charge in [0, 0.05) is 9.78 Å². The van der Waals surface area contributed by atoms with Crippen LogP contribution in [0, 0.1) is 13.8 Å². The minimum absolute atomic E-state index is 0.211. The van der Waals surface area contributed by atoms with E-state index in [9.17, 15) is 0 Å². The molecule has 0 saturated carbocycles. The Hall–Kier alpha value is -0.520. The van der Waals surface area contributed by atoms with Crippen molar-refractivity contribution in [3.63, 3.8) is 0 Å². The van der Waals surface area contributed by atoms with Crippen molar-refractivity contribution >= 4 is 23.5 Å². The average molecular weight is 267 g/mol. The van der Waals surface area contributed by atoms with E-state index in [0.29, 0.717) is 0 Å². The monoisotopic (exact) mass is 266 g/mol. The minimum Gasteiger partial charge on any atom is -0.0917 e. The van der Waals surface area contributed by atoms with Crippen LogP contribution >= 0.6 is 23.5 Å². The van der Waals surface area contributed by atoms with Crippen molar-refractivity contribution in [2.75, 3.05) is 0 Å². The lowest BCUT2D eigenvalue weighted by molar-refractivity contribution is 1.41. The Bertz CT molecular complexity index is 438. The Morgan fingerprint density at radius 2 is 1.57 bits per heavy atom. The summed E-state index contributed by atoms with van der Waals surface area (Å²) in [5.41, 5.74) is 2.85. The van der Waals surface area contributed by atoms with E-state index in [1.54, 1.807) is 0 Å². The first-order valence-corrected chi connectivity index (χ1v) is 6.86. The van der Waals surface area contributed by atoms with E-state index in [1.165, 1.54) is 20.9 Å². The van der Waals surface area contributed by atoms with Gasteiger partial charge in [0.25, 0.3) is 0 Å². The Labute approximate surface area is 94.2 Å². The first-order valence-electron chi connectivity index (χ1n) is 4.58. The van der Waals surface area contributed by atoms with E-state index in [1.807, 2.05) is 0 Å². The second kappa shape index (κ2) is 3.92. The lowest BCUT2D eigenvalue weighted by Crippen LogP contribution is -1.66. The lowest BCUT2D eigenvalue weighted by atomic mass is 10.2. The van der Waals surface area contributed by atoms with Gasteiger partial charge >= 0.3 is 0 Å². The third-order valence-corrected chi connectivity index (χ3v) is 5.69. The fourth-order valence-electron chi connectivity index (χ4n) is 1.46. The number of aryl methyl sites for hydroxylation is 2. The summed E-state index contributed by atoms with van der Waals surface area (Å²) in [6.07, 6.45) is 0. The zero-order valence-electron chi connectivity index (χ0n) is 8.29. The van der Waals surface area contributed by atoms with Crippen LogP contribution in [0.2, 0.25) is 0 Å². The molecule has 0 unspecified atom stereocenters. The van der Waals surface area contributed by atoms with Crippen LogP contribution in [0.3, 0.4) is 0 Å². The van der Waals surface area contributed by atoms with Crippen molar-refractivity contribution in [1.29, 1.82) is 0 Å². The van der Waals surface area contributed by atoms with Crippen LogP contribution in [0.1, 0.15) is 11.1 Å². The summed E-state index contributed by atoms with van der Waals surface area (Å²) >= 11 is 3.60. The highest BCUT2D eigenvalue weighted by atomic mass is 79.9. The molecule has 2 rings (SSSR count). The molecular weight excluding hydrogens is 255 g/mol. The maximum atomic E-state index is 3.60. The van der Waals surface area contributed by atoms with Crippen LogP contribution in [0.5, 0.6) is 0 Å². The average Bonchev–Trinajstić information content (AvgIpc) is 2.48. The molecule has 2 heteroatoms. The Morgan fingerprint density at radius 3 is 2.14 bits per heavy atom. The molecule has 0 nitrogen and oxygen atoms in total. The Morgan fingerprint density at radius 1 is 1.00 bits per heavy atom. The third kappa shape index (κ3) is 1.80. The van der Waals surface area contributed by atoms with Gasteiger partial charge in [0.15, 0.2) is 0 Å². The molecule has 0 aliphatic carbocycles. The standard InChI is InChI=1S/C12H12BrP/c1-9-7-14(8-10(9)2)12-6-4-3-5-11(12)13/h3-8H,1-2H3. The molecule has 0 N–H and O–H groups in total. The van der Waals surface area contributed by atoms with Gasteiger partial charge in [-0.2, -0.15) is 0 Å². The van der Waals surface area contributed by atoms with Gasteiger partial charge in [0.05, 0.1) is 0 Å². The fourth-order valence-corrected chi connectivity index (χ4v) is 4.53. The van der Waals surface area contributed by atoms with E-state index >= 15 is 0 Å². The van der Waals surface area contributed by atoms with Gasteiger partial charge in [-0.05, 0) is 64.6 Å². The quantitative estimate of drug-likeness (QED) is 0.678. The van der Waals surface area contributed by atoms with Gasteiger partial charge in [0.2, 0.25) is 0 Å². The van der Waals surface area contributed by atoms with E-state index in [2.05, 4.69) is 65.6 Å². The molecular formula is C12H12BrP. The second-order valence-corrected chi connectivity index (χ2v) is 6.15. The van der Waals surface area contributed by atoms with Crippen LogP contribution in [-0.4, -0.2) is 0 Å². The van der Waals surface area contributed by atoms with Crippen molar-refractivity contribution < 1.29 is 0 Å². The highest BCUT2D eigenvalue weighted by Crippen LogP contribution is 2.45. The number of halogens is 1. The van der Waals surface area contributed by atoms with Crippen molar-refractivity contribution in [2.45, 2.75) is 13.8 Å². The molecule has 1 heterocycles. The molecule has 0 saturated heterocycles. The third-order valence-electron chi connectivity index (χ3n) is 2.42. The molecule has 0 radical (unpaired) electrons. The predicted molar refractivity (Wildman–Crippen MR) is 67.7 cm³/mol. The van der Waals surface area contributed by atoms with E-state index in [4.69, 9.17) is 0 Å². The zero-order chi connectivity index (χ0) is 10.1. The fraction of sp³-hybridized carbons (Fsp3) is 0.167. The van der Waals surface area contributed by atoms with Crippen molar-refractivity contribution in [2.24, 2.45) is 0 Å². The van der Waals surface area contributed by atoms with E-state index in [-0.39, 0.29) is 7.53 Å². The second-order valence-electron chi connectivity index (χ2n) is 3.48. The van der Waals surface area contributed by atoms with Crippen molar-refractivity contribution in [1.82, 2.24) is 0 Å². The molecule has 0 aliphatic rings. The first kappa shape index (κ1) is 10.0. The summed E-state index contributed by atoms with van der Waals surface area (Å²) in [6.45, 7) is 4.37. The van der Waals surface area contributed by atoms with E-state index in [0.717, 1.165) is 0 Å². The topological polar surface area (TPSA) is 0 Å². The molecule has 1 aromatic carbocycles. The van der Waals surface area contributed by atoms with Crippen molar-refractivity contribution in [3.8, 4) is 5.30 Å². The number of hydrogen-bond acceptors (Lipinski definition) is 0. The molecule has 0 aliphatic heterocycles. The zero-order valence-corrected chi connectivity index (χ0v) is 10.8. The molecule has 0 amide bonds. The largest absolute Gasteiger partial charge is 0.0917 e. The molecule has 0 bridgehead atoms. The van der Waals surface area contributed by atoms with Crippen LogP contribution in [0.4, 0.5) is 0 Å². The van der Waals surface area contributed by atoms with Crippen LogP contribution in [-0.2, 0) is 0 Å². The summed E-state index contributed by atoms with van der Waals surface area (Å²) in [5, 5.41) is 1.42. The summed E-state index contributed by atoms with van der Waals surface area (Å²) in [5.74, 6) is 4.76. The SMILES string of the molecule is Cc1cp(-c2ccccc2Br)cc1C. The van der Waals surface area contributed by atoms with Gasteiger partial charge in [-0.25, -0.2) is 0 Å². The minimum atomic E-state index is -0.211.